The molecule has 2 aliphatic rings. The van der Waals surface area contributed by atoms with Crippen molar-refractivity contribution in [1.29, 1.82) is 0 Å². The molecule has 1 saturated heterocycles. The fourth-order valence-corrected chi connectivity index (χ4v) is 4.14. The van der Waals surface area contributed by atoms with E-state index in [9.17, 15) is 4.79 Å². The van der Waals surface area contributed by atoms with E-state index in [-0.39, 0.29) is 5.91 Å². The SMILES string of the molecule is COc1ccc(N2C(=O)C(Cl)C23CN(C)c2ccccc23)cc1. The van der Waals surface area contributed by atoms with Crippen LogP contribution in [0.5, 0.6) is 5.75 Å². The van der Waals surface area contributed by atoms with E-state index in [0.29, 0.717) is 6.54 Å². The van der Waals surface area contributed by atoms with Crippen molar-refractivity contribution in [2.24, 2.45) is 0 Å². The molecule has 118 valence electrons. The zero-order valence-corrected chi connectivity index (χ0v) is 13.7. The molecule has 1 spiro atoms. The molecule has 0 aliphatic carbocycles. The monoisotopic (exact) mass is 328 g/mol. The summed E-state index contributed by atoms with van der Waals surface area (Å²) in [6.07, 6.45) is 0. The summed E-state index contributed by atoms with van der Waals surface area (Å²) in [5.74, 6) is 0.712. The Hall–Kier alpha value is -2.20. The second-order valence-electron chi connectivity index (χ2n) is 6.03. The van der Waals surface area contributed by atoms with E-state index in [1.165, 1.54) is 0 Å². The van der Waals surface area contributed by atoms with Gasteiger partial charge in [-0.3, -0.25) is 9.69 Å². The average molecular weight is 329 g/mol. The third-order valence-electron chi connectivity index (χ3n) is 4.85. The Morgan fingerprint density at radius 1 is 1.17 bits per heavy atom. The summed E-state index contributed by atoms with van der Waals surface area (Å²) in [7, 11) is 3.66. The molecule has 2 aliphatic heterocycles. The van der Waals surface area contributed by atoms with Crippen LogP contribution in [0.2, 0.25) is 0 Å². The van der Waals surface area contributed by atoms with Gasteiger partial charge in [-0.25, -0.2) is 0 Å². The number of halogens is 1. The first kappa shape index (κ1) is 14.4. The molecule has 2 unspecified atom stereocenters. The first-order valence-corrected chi connectivity index (χ1v) is 7.96. The van der Waals surface area contributed by atoms with E-state index in [2.05, 4.69) is 17.0 Å². The Morgan fingerprint density at radius 3 is 2.57 bits per heavy atom. The van der Waals surface area contributed by atoms with Gasteiger partial charge >= 0.3 is 0 Å². The highest BCUT2D eigenvalue weighted by Gasteiger charge is 2.64. The van der Waals surface area contributed by atoms with Crippen molar-refractivity contribution < 1.29 is 9.53 Å². The number of para-hydroxylation sites is 1. The Morgan fingerprint density at radius 2 is 1.87 bits per heavy atom. The number of ether oxygens (including phenoxy) is 1. The van der Waals surface area contributed by atoms with Crippen molar-refractivity contribution in [3.05, 3.63) is 54.1 Å². The van der Waals surface area contributed by atoms with Crippen LogP contribution < -0.4 is 14.5 Å². The zero-order chi connectivity index (χ0) is 16.2. The van der Waals surface area contributed by atoms with Crippen molar-refractivity contribution in [2.75, 3.05) is 30.5 Å². The maximum Gasteiger partial charge on any atom is 0.248 e. The number of fused-ring (bicyclic) bond motifs is 2. The minimum Gasteiger partial charge on any atom is -0.497 e. The smallest absolute Gasteiger partial charge is 0.248 e. The summed E-state index contributed by atoms with van der Waals surface area (Å²) < 4.78 is 5.20. The quantitative estimate of drug-likeness (QED) is 0.627. The topological polar surface area (TPSA) is 32.8 Å². The molecule has 5 heteroatoms. The number of benzene rings is 2. The number of hydrogen-bond donors (Lipinski definition) is 0. The lowest BCUT2D eigenvalue weighted by molar-refractivity contribution is -0.126. The van der Waals surface area contributed by atoms with Crippen LogP contribution in [0.1, 0.15) is 5.56 Å². The van der Waals surface area contributed by atoms with Gasteiger partial charge < -0.3 is 9.64 Å². The number of methoxy groups -OCH3 is 1. The molecule has 23 heavy (non-hydrogen) atoms. The summed E-state index contributed by atoms with van der Waals surface area (Å²) in [5.41, 5.74) is 2.58. The van der Waals surface area contributed by atoms with Crippen LogP contribution in [0.25, 0.3) is 0 Å². The van der Waals surface area contributed by atoms with Crippen LogP contribution >= 0.6 is 11.6 Å². The molecule has 0 saturated carbocycles. The van der Waals surface area contributed by atoms with E-state index < -0.39 is 10.9 Å². The minimum atomic E-state index is -0.546. The van der Waals surface area contributed by atoms with Gasteiger partial charge in [-0.05, 0) is 30.3 Å². The van der Waals surface area contributed by atoms with Crippen LogP contribution in [-0.4, -0.2) is 32.0 Å². The number of β-lactam (4-membered cyclic amide) rings is 1. The van der Waals surface area contributed by atoms with E-state index in [0.717, 1.165) is 22.7 Å². The third kappa shape index (κ3) is 1.75. The minimum absolute atomic E-state index is 0.0538. The molecule has 1 amide bonds. The summed E-state index contributed by atoms with van der Waals surface area (Å²) >= 11 is 6.52. The molecule has 2 atom stereocenters. The fraction of sp³-hybridized carbons (Fsp3) is 0.278. The Labute approximate surface area is 140 Å². The number of carbonyl (C=O) groups is 1. The van der Waals surface area contributed by atoms with Gasteiger partial charge in [0.05, 0.1) is 7.11 Å². The number of rotatable bonds is 2. The highest BCUT2D eigenvalue weighted by atomic mass is 35.5. The number of amides is 1. The zero-order valence-electron chi connectivity index (χ0n) is 13.0. The van der Waals surface area contributed by atoms with E-state index in [1.54, 1.807) is 7.11 Å². The van der Waals surface area contributed by atoms with Crippen LogP contribution in [0.3, 0.4) is 0 Å². The lowest BCUT2D eigenvalue weighted by Gasteiger charge is -2.53. The second-order valence-corrected chi connectivity index (χ2v) is 6.47. The fourth-order valence-electron chi connectivity index (χ4n) is 3.76. The van der Waals surface area contributed by atoms with Crippen molar-refractivity contribution in [3.8, 4) is 5.75 Å². The number of hydrogen-bond acceptors (Lipinski definition) is 3. The van der Waals surface area contributed by atoms with Gasteiger partial charge in [0, 0.05) is 30.5 Å². The van der Waals surface area contributed by atoms with Crippen LogP contribution in [0.15, 0.2) is 48.5 Å². The molecular weight excluding hydrogens is 312 g/mol. The third-order valence-corrected chi connectivity index (χ3v) is 5.39. The molecule has 2 heterocycles. The molecular formula is C18H17ClN2O2. The predicted octanol–water partition coefficient (Wildman–Crippen LogP) is 2.99. The number of alkyl halides is 1. The largest absolute Gasteiger partial charge is 0.497 e. The van der Waals surface area contributed by atoms with E-state index in [4.69, 9.17) is 16.3 Å². The molecule has 2 aromatic carbocycles. The Bertz CT molecular complexity index is 777. The van der Waals surface area contributed by atoms with Gasteiger partial charge in [-0.15, -0.1) is 11.6 Å². The van der Waals surface area contributed by atoms with Crippen molar-refractivity contribution >= 4 is 28.9 Å². The Balaban J connectivity index is 1.83. The van der Waals surface area contributed by atoms with Crippen molar-refractivity contribution in [1.82, 2.24) is 0 Å². The van der Waals surface area contributed by atoms with Crippen LogP contribution in [0, 0.1) is 0 Å². The first-order chi connectivity index (χ1) is 11.1. The van der Waals surface area contributed by atoms with E-state index >= 15 is 0 Å². The molecule has 4 rings (SSSR count). The van der Waals surface area contributed by atoms with Crippen LogP contribution in [-0.2, 0) is 10.3 Å². The first-order valence-electron chi connectivity index (χ1n) is 7.52. The molecule has 0 N–H and O–H groups in total. The summed E-state index contributed by atoms with van der Waals surface area (Å²) in [6, 6.07) is 15.7. The number of carbonyl (C=O) groups excluding carboxylic acids is 1. The van der Waals surface area contributed by atoms with E-state index in [1.807, 2.05) is 48.3 Å². The van der Waals surface area contributed by atoms with Crippen LogP contribution in [0.4, 0.5) is 11.4 Å². The molecule has 2 aromatic rings. The van der Waals surface area contributed by atoms with Gasteiger partial charge in [-0.2, -0.15) is 0 Å². The number of nitrogens with zero attached hydrogens (tertiary/aromatic N) is 2. The maximum atomic E-state index is 12.5. The highest BCUT2D eigenvalue weighted by Crippen LogP contribution is 2.54. The molecule has 1 fully saturated rings. The van der Waals surface area contributed by atoms with Gasteiger partial charge in [0.15, 0.2) is 0 Å². The Kier molecular flexibility index (Phi) is 3.07. The maximum absolute atomic E-state index is 12.5. The second kappa shape index (κ2) is 4.90. The predicted molar refractivity (Wildman–Crippen MR) is 91.5 cm³/mol. The van der Waals surface area contributed by atoms with Crippen molar-refractivity contribution in [3.63, 3.8) is 0 Å². The molecule has 0 bridgehead atoms. The van der Waals surface area contributed by atoms with Gasteiger partial charge in [0.25, 0.3) is 0 Å². The lowest BCUT2D eigenvalue weighted by Crippen LogP contribution is -2.72. The number of anilines is 2. The standard InChI is InChI=1S/C18H17ClN2O2/c1-20-11-18(14-5-3-4-6-15(14)20)16(19)17(22)21(18)12-7-9-13(23-2)10-8-12/h3-10,16H,11H2,1-2H3. The molecule has 0 radical (unpaired) electrons. The summed E-state index contributed by atoms with van der Waals surface area (Å²) in [5, 5.41) is -0.546. The van der Waals surface area contributed by atoms with Crippen molar-refractivity contribution in [2.45, 2.75) is 10.9 Å². The molecule has 0 aromatic heterocycles. The highest BCUT2D eigenvalue weighted by molar-refractivity contribution is 6.38. The summed E-state index contributed by atoms with van der Waals surface area (Å²) in [4.78, 5) is 16.5. The van der Waals surface area contributed by atoms with Gasteiger partial charge in [-0.1, -0.05) is 18.2 Å². The average Bonchev–Trinajstić information content (AvgIpc) is 2.91. The number of likely N-dealkylation sites (N-methyl/N-ethyl adjacent to an activating group) is 1. The summed E-state index contributed by atoms with van der Waals surface area (Å²) in [6.45, 7) is 0.693. The van der Waals surface area contributed by atoms with Gasteiger partial charge in [0.1, 0.15) is 16.7 Å². The van der Waals surface area contributed by atoms with Gasteiger partial charge in [0.2, 0.25) is 5.91 Å². The lowest BCUT2D eigenvalue weighted by atomic mass is 9.78. The normalized spacial score (nSPS) is 25.5. The molecule has 4 nitrogen and oxygen atoms in total.